The topological polar surface area (TPSA) is 55.8 Å². The molecule has 0 amide bonds. The van der Waals surface area contributed by atoms with Gasteiger partial charge in [0.2, 0.25) is 0 Å². The minimum atomic E-state index is -0.264. The number of hydrogen-bond donors (Lipinski definition) is 1. The number of methoxy groups -OCH3 is 2. The van der Waals surface area contributed by atoms with Crippen molar-refractivity contribution in [2.24, 2.45) is 0 Å². The number of carbonyl (C=O) groups is 1. The summed E-state index contributed by atoms with van der Waals surface area (Å²) in [5, 5.41) is 10.2. The summed E-state index contributed by atoms with van der Waals surface area (Å²) in [5.74, 6) is 0.965. The Hall–Kier alpha value is -3.01. The van der Waals surface area contributed by atoms with Crippen LogP contribution >= 0.6 is 0 Å². The fraction of sp³-hybridized carbons (Fsp3) is 0.227. The highest BCUT2D eigenvalue weighted by atomic mass is 16.5. The van der Waals surface area contributed by atoms with Gasteiger partial charge in [0.1, 0.15) is 17.2 Å². The van der Waals surface area contributed by atoms with Crippen LogP contribution in [0.25, 0.3) is 6.08 Å². The summed E-state index contributed by atoms with van der Waals surface area (Å²) in [6.07, 6.45) is 5.85. The molecule has 0 radical (unpaired) electrons. The summed E-state index contributed by atoms with van der Waals surface area (Å²) in [6.45, 7) is 4.02. The van der Waals surface area contributed by atoms with Gasteiger partial charge in [0.15, 0.2) is 5.78 Å². The Balaban J connectivity index is 2.27. The van der Waals surface area contributed by atoms with E-state index in [1.54, 1.807) is 26.4 Å². The highest BCUT2D eigenvalue weighted by molar-refractivity contribution is 6.08. The molecule has 0 aromatic heterocycles. The van der Waals surface area contributed by atoms with Gasteiger partial charge in [-0.05, 0) is 55.7 Å². The lowest BCUT2D eigenvalue weighted by molar-refractivity contribution is 0.104. The fourth-order valence-corrected chi connectivity index (χ4v) is 2.45. The third kappa shape index (κ3) is 4.99. The Labute approximate surface area is 154 Å². The molecule has 4 nitrogen and oxygen atoms in total. The van der Waals surface area contributed by atoms with Crippen molar-refractivity contribution < 1.29 is 19.4 Å². The molecular weight excluding hydrogens is 328 g/mol. The molecule has 0 saturated carbocycles. The predicted octanol–water partition coefficient (Wildman–Crippen LogP) is 4.81. The van der Waals surface area contributed by atoms with Crippen molar-refractivity contribution in [3.63, 3.8) is 0 Å². The van der Waals surface area contributed by atoms with Gasteiger partial charge in [0, 0.05) is 6.07 Å². The molecule has 4 heteroatoms. The lowest BCUT2D eigenvalue weighted by Gasteiger charge is -2.10. The van der Waals surface area contributed by atoms with Crippen molar-refractivity contribution in [3.8, 4) is 17.2 Å². The Bertz CT molecular complexity index is 826. The normalized spacial score (nSPS) is 10.6. The number of ketones is 1. The Morgan fingerprint density at radius 3 is 2.35 bits per heavy atom. The van der Waals surface area contributed by atoms with Crippen molar-refractivity contribution in [1.82, 2.24) is 0 Å². The third-order valence-electron chi connectivity index (χ3n) is 3.94. The van der Waals surface area contributed by atoms with Crippen LogP contribution in [0.1, 0.15) is 35.3 Å². The Morgan fingerprint density at radius 1 is 1.08 bits per heavy atom. The van der Waals surface area contributed by atoms with Crippen LogP contribution in [0.2, 0.25) is 0 Å². The van der Waals surface area contributed by atoms with Gasteiger partial charge in [0.05, 0.1) is 19.8 Å². The van der Waals surface area contributed by atoms with E-state index in [1.807, 2.05) is 38.1 Å². The monoisotopic (exact) mass is 352 g/mol. The molecule has 0 aliphatic carbocycles. The molecule has 0 spiro atoms. The number of carbonyl (C=O) groups excluding carboxylic acids is 1. The second-order valence-electron chi connectivity index (χ2n) is 6.14. The number of benzene rings is 2. The van der Waals surface area contributed by atoms with Gasteiger partial charge < -0.3 is 14.6 Å². The number of ether oxygens (including phenoxy) is 2. The zero-order valence-corrected chi connectivity index (χ0v) is 15.6. The van der Waals surface area contributed by atoms with Gasteiger partial charge >= 0.3 is 0 Å². The van der Waals surface area contributed by atoms with Crippen molar-refractivity contribution >= 4 is 11.9 Å². The maximum Gasteiger partial charge on any atom is 0.189 e. The number of allylic oxidation sites excluding steroid dienone is 3. The van der Waals surface area contributed by atoms with E-state index < -0.39 is 0 Å². The number of hydrogen-bond acceptors (Lipinski definition) is 4. The third-order valence-corrected chi connectivity index (χ3v) is 3.94. The fourth-order valence-electron chi connectivity index (χ4n) is 2.45. The van der Waals surface area contributed by atoms with E-state index in [9.17, 15) is 9.90 Å². The number of aromatic hydroxyl groups is 1. The van der Waals surface area contributed by atoms with E-state index in [0.717, 1.165) is 16.9 Å². The van der Waals surface area contributed by atoms with E-state index in [1.165, 1.54) is 17.7 Å². The number of phenolic OH excluding ortho intramolecular Hbond substituents is 1. The Morgan fingerprint density at radius 2 is 1.77 bits per heavy atom. The molecule has 26 heavy (non-hydrogen) atoms. The van der Waals surface area contributed by atoms with Crippen LogP contribution in [0.3, 0.4) is 0 Å². The van der Waals surface area contributed by atoms with Gasteiger partial charge in [0.25, 0.3) is 0 Å². The van der Waals surface area contributed by atoms with Crippen molar-refractivity contribution in [1.29, 1.82) is 0 Å². The van der Waals surface area contributed by atoms with Crippen LogP contribution in [0.4, 0.5) is 0 Å². The zero-order valence-electron chi connectivity index (χ0n) is 15.6. The zero-order chi connectivity index (χ0) is 19.1. The largest absolute Gasteiger partial charge is 0.507 e. The molecular formula is C22H24O4. The van der Waals surface area contributed by atoms with Gasteiger partial charge in [-0.1, -0.05) is 29.9 Å². The standard InChI is InChI=1S/C22H24O4/c1-15(2)5-9-17-13-19(21(24)14-22(17)26-4)20(23)12-8-16-6-10-18(25-3)11-7-16/h5-8,10-14,24H,9H2,1-4H3. The summed E-state index contributed by atoms with van der Waals surface area (Å²) in [6, 6.07) is 10.5. The molecule has 1 N–H and O–H groups in total. The van der Waals surface area contributed by atoms with E-state index in [2.05, 4.69) is 6.08 Å². The van der Waals surface area contributed by atoms with Crippen LogP contribution < -0.4 is 9.47 Å². The van der Waals surface area contributed by atoms with E-state index in [4.69, 9.17) is 9.47 Å². The number of phenols is 1. The molecule has 0 unspecified atom stereocenters. The first-order valence-corrected chi connectivity index (χ1v) is 8.34. The van der Waals surface area contributed by atoms with Gasteiger partial charge in [-0.3, -0.25) is 4.79 Å². The summed E-state index contributed by atoms with van der Waals surface area (Å²) in [5.41, 5.74) is 3.16. The molecule has 2 aromatic rings. The average Bonchev–Trinajstić information content (AvgIpc) is 2.65. The first kappa shape index (κ1) is 19.3. The molecule has 2 aromatic carbocycles. The molecule has 0 bridgehead atoms. The van der Waals surface area contributed by atoms with E-state index in [0.29, 0.717) is 12.2 Å². The lowest BCUT2D eigenvalue weighted by Crippen LogP contribution is -1.99. The molecule has 2 rings (SSSR count). The van der Waals surface area contributed by atoms with Crippen LogP contribution in [0.15, 0.2) is 54.1 Å². The minimum absolute atomic E-state index is 0.0906. The van der Waals surface area contributed by atoms with E-state index >= 15 is 0 Å². The maximum absolute atomic E-state index is 12.5. The average molecular weight is 352 g/mol. The summed E-state index contributed by atoms with van der Waals surface area (Å²) >= 11 is 0. The van der Waals surface area contributed by atoms with E-state index in [-0.39, 0.29) is 17.1 Å². The smallest absolute Gasteiger partial charge is 0.189 e. The summed E-state index contributed by atoms with van der Waals surface area (Å²) < 4.78 is 10.4. The molecule has 0 aliphatic rings. The molecule has 136 valence electrons. The van der Waals surface area contributed by atoms with Gasteiger partial charge in [-0.25, -0.2) is 0 Å². The van der Waals surface area contributed by atoms with Crippen LogP contribution in [-0.2, 0) is 6.42 Å². The SMILES string of the molecule is COc1ccc(C=CC(=O)c2cc(CC=C(C)C)c(OC)cc2O)cc1. The molecule has 0 atom stereocenters. The molecule has 0 heterocycles. The van der Waals surface area contributed by atoms with Gasteiger partial charge in [-0.15, -0.1) is 0 Å². The summed E-state index contributed by atoms with van der Waals surface area (Å²) in [4.78, 5) is 12.5. The van der Waals surface area contributed by atoms with Crippen LogP contribution in [0.5, 0.6) is 17.2 Å². The first-order chi connectivity index (χ1) is 12.4. The second kappa shape index (κ2) is 8.90. The van der Waals surface area contributed by atoms with Gasteiger partial charge in [-0.2, -0.15) is 0 Å². The maximum atomic E-state index is 12.5. The first-order valence-electron chi connectivity index (χ1n) is 8.34. The predicted molar refractivity (Wildman–Crippen MR) is 104 cm³/mol. The van der Waals surface area contributed by atoms with Crippen LogP contribution in [0, 0.1) is 0 Å². The van der Waals surface area contributed by atoms with Crippen molar-refractivity contribution in [2.45, 2.75) is 20.3 Å². The minimum Gasteiger partial charge on any atom is -0.507 e. The van der Waals surface area contributed by atoms with Crippen molar-refractivity contribution in [3.05, 3.63) is 70.8 Å². The highest BCUT2D eigenvalue weighted by Gasteiger charge is 2.13. The summed E-state index contributed by atoms with van der Waals surface area (Å²) in [7, 11) is 3.15. The Kier molecular flexibility index (Phi) is 6.61. The quantitative estimate of drug-likeness (QED) is 0.441. The highest BCUT2D eigenvalue weighted by Crippen LogP contribution is 2.30. The number of rotatable bonds is 7. The van der Waals surface area contributed by atoms with Crippen molar-refractivity contribution in [2.75, 3.05) is 14.2 Å². The molecule has 0 saturated heterocycles. The second-order valence-corrected chi connectivity index (χ2v) is 6.14. The van der Waals surface area contributed by atoms with Crippen LogP contribution in [-0.4, -0.2) is 25.1 Å². The molecule has 0 aliphatic heterocycles. The molecule has 0 fully saturated rings. The lowest BCUT2D eigenvalue weighted by atomic mass is 10.0.